The van der Waals surface area contributed by atoms with Crippen molar-refractivity contribution < 1.29 is 14.3 Å². The summed E-state index contributed by atoms with van der Waals surface area (Å²) < 4.78 is 5.87. The van der Waals surface area contributed by atoms with Crippen LogP contribution in [0, 0.1) is 0 Å². The molecule has 32 heavy (non-hydrogen) atoms. The summed E-state index contributed by atoms with van der Waals surface area (Å²) in [4.78, 5) is 27.3. The van der Waals surface area contributed by atoms with Crippen molar-refractivity contribution >= 4 is 29.5 Å². The van der Waals surface area contributed by atoms with Crippen molar-refractivity contribution in [1.29, 1.82) is 0 Å². The maximum atomic E-state index is 12.6. The molecule has 1 fully saturated rings. The first-order valence-corrected chi connectivity index (χ1v) is 11.6. The molecule has 172 valence electrons. The van der Waals surface area contributed by atoms with Crippen LogP contribution in [0.15, 0.2) is 48.5 Å². The predicted molar refractivity (Wildman–Crippen MR) is 129 cm³/mol. The van der Waals surface area contributed by atoms with E-state index in [4.69, 9.17) is 16.3 Å². The number of benzene rings is 2. The zero-order chi connectivity index (χ0) is 22.8. The highest BCUT2D eigenvalue weighted by atomic mass is 35.5. The first-order chi connectivity index (χ1) is 15.6. The molecule has 1 atom stereocenters. The first-order valence-electron chi connectivity index (χ1n) is 11.2. The van der Waals surface area contributed by atoms with Gasteiger partial charge in [-0.1, -0.05) is 35.9 Å². The van der Waals surface area contributed by atoms with E-state index in [9.17, 15) is 9.59 Å². The zero-order valence-electron chi connectivity index (χ0n) is 18.6. The Hall–Kier alpha value is -2.57. The van der Waals surface area contributed by atoms with Gasteiger partial charge in [0.2, 0.25) is 0 Å². The third-order valence-corrected chi connectivity index (χ3v) is 5.89. The molecule has 0 spiro atoms. The van der Waals surface area contributed by atoms with Crippen molar-refractivity contribution in [2.24, 2.45) is 0 Å². The molecule has 2 aromatic rings. The maximum Gasteiger partial charge on any atom is 0.265 e. The van der Waals surface area contributed by atoms with Crippen molar-refractivity contribution in [3.8, 4) is 5.75 Å². The Morgan fingerprint density at radius 3 is 2.66 bits per heavy atom. The maximum absolute atomic E-state index is 12.6. The lowest BCUT2D eigenvalue weighted by molar-refractivity contribution is -0.139. The number of para-hydroxylation sites is 2. The topological polar surface area (TPSA) is 61.9 Å². The van der Waals surface area contributed by atoms with Crippen LogP contribution in [0.5, 0.6) is 5.75 Å². The summed E-state index contributed by atoms with van der Waals surface area (Å²) >= 11 is 5.80. The van der Waals surface area contributed by atoms with E-state index in [-0.39, 0.29) is 12.5 Å². The van der Waals surface area contributed by atoms with Crippen LogP contribution in [0.3, 0.4) is 0 Å². The van der Waals surface area contributed by atoms with Gasteiger partial charge in [0, 0.05) is 18.1 Å². The number of fused-ring (bicyclic) bond motifs is 1. The summed E-state index contributed by atoms with van der Waals surface area (Å²) in [5, 5.41) is 3.91. The second-order valence-electron chi connectivity index (χ2n) is 8.02. The summed E-state index contributed by atoms with van der Waals surface area (Å²) in [6.45, 7) is 3.34. The molecule has 2 aromatic carbocycles. The molecule has 6 nitrogen and oxygen atoms in total. The molecule has 7 heteroatoms. The molecule has 0 aromatic heterocycles. The minimum absolute atomic E-state index is 0.0418. The van der Waals surface area contributed by atoms with Gasteiger partial charge in [-0.15, -0.1) is 0 Å². The molecule has 1 N–H and O–H groups in total. The number of hydrogen-bond acceptors (Lipinski definition) is 5. The molecule has 1 unspecified atom stereocenters. The van der Waals surface area contributed by atoms with Gasteiger partial charge in [-0.05, 0) is 69.1 Å². The van der Waals surface area contributed by atoms with Gasteiger partial charge in [0.15, 0.2) is 6.10 Å². The van der Waals surface area contributed by atoms with Crippen molar-refractivity contribution in [1.82, 2.24) is 10.2 Å². The number of carbonyl (C=O) groups excluding carboxylic acids is 2. The Morgan fingerprint density at radius 1 is 1.16 bits per heavy atom. The molecule has 1 amide bonds. The monoisotopic (exact) mass is 457 g/mol. The Kier molecular flexibility index (Phi) is 9.38. The zero-order valence-corrected chi connectivity index (χ0v) is 19.4. The molecule has 1 saturated heterocycles. The quantitative estimate of drug-likeness (QED) is 0.672. The molecule has 2 heterocycles. The number of halogens is 1. The minimum Gasteiger partial charge on any atom is -0.477 e. The van der Waals surface area contributed by atoms with Gasteiger partial charge in [0.1, 0.15) is 12.0 Å². The predicted octanol–water partition coefficient (Wildman–Crippen LogP) is 3.57. The van der Waals surface area contributed by atoms with Gasteiger partial charge in [-0.2, -0.15) is 0 Å². The Balaban J connectivity index is 0.000000222. The highest BCUT2D eigenvalue weighted by Gasteiger charge is 2.33. The summed E-state index contributed by atoms with van der Waals surface area (Å²) in [5.41, 5.74) is 2.17. The molecule has 0 radical (unpaired) electrons. The number of aldehydes is 1. The van der Waals surface area contributed by atoms with Crippen molar-refractivity contribution in [3.63, 3.8) is 0 Å². The van der Waals surface area contributed by atoms with E-state index < -0.39 is 6.10 Å². The minimum atomic E-state index is -0.516. The van der Waals surface area contributed by atoms with Gasteiger partial charge in [-0.3, -0.25) is 4.79 Å². The van der Waals surface area contributed by atoms with E-state index in [1.807, 2.05) is 59.3 Å². The van der Waals surface area contributed by atoms with Gasteiger partial charge in [0.25, 0.3) is 5.91 Å². The summed E-state index contributed by atoms with van der Waals surface area (Å²) in [6.07, 6.45) is 4.70. The van der Waals surface area contributed by atoms with Crippen molar-refractivity contribution in [2.45, 2.75) is 31.8 Å². The largest absolute Gasteiger partial charge is 0.477 e. The van der Waals surface area contributed by atoms with Crippen LogP contribution in [0.1, 0.15) is 24.8 Å². The SMILES string of the molecule is CNCCc1cccc(Cl)c1.O=CCN1CC(C(=O)N2CCCCC2)Oc2ccccc21. The summed E-state index contributed by atoms with van der Waals surface area (Å²) in [5.74, 6) is 0.723. The molecule has 2 aliphatic heterocycles. The van der Waals surface area contributed by atoms with Crippen LogP contribution >= 0.6 is 11.6 Å². The van der Waals surface area contributed by atoms with E-state index in [0.29, 0.717) is 12.3 Å². The van der Waals surface area contributed by atoms with E-state index >= 15 is 0 Å². The molecule has 0 aliphatic carbocycles. The van der Waals surface area contributed by atoms with Crippen molar-refractivity contribution in [3.05, 3.63) is 59.1 Å². The number of anilines is 1. The fourth-order valence-electron chi connectivity index (χ4n) is 3.98. The number of likely N-dealkylation sites (tertiary alicyclic amines) is 1. The normalized spacial score (nSPS) is 17.5. The van der Waals surface area contributed by atoms with E-state index in [0.717, 1.165) is 55.9 Å². The van der Waals surface area contributed by atoms with Crippen LogP contribution in [-0.4, -0.2) is 63.0 Å². The molecule has 4 rings (SSSR count). The lowest BCUT2D eigenvalue weighted by Gasteiger charge is -2.37. The van der Waals surface area contributed by atoms with Gasteiger partial charge < -0.3 is 24.6 Å². The van der Waals surface area contributed by atoms with E-state index in [1.165, 1.54) is 12.0 Å². The number of piperidine rings is 1. The summed E-state index contributed by atoms with van der Waals surface area (Å²) in [7, 11) is 1.95. The summed E-state index contributed by atoms with van der Waals surface area (Å²) in [6, 6.07) is 15.5. The fourth-order valence-corrected chi connectivity index (χ4v) is 4.19. The average Bonchev–Trinajstić information content (AvgIpc) is 2.83. The molecular weight excluding hydrogens is 426 g/mol. The highest BCUT2D eigenvalue weighted by Crippen LogP contribution is 2.33. The van der Waals surface area contributed by atoms with Crippen molar-refractivity contribution in [2.75, 3.05) is 44.7 Å². The number of ether oxygens (including phenoxy) is 1. The van der Waals surface area contributed by atoms with Crippen LogP contribution in [0.4, 0.5) is 5.69 Å². The molecular formula is C25H32ClN3O3. The van der Waals surface area contributed by atoms with Crippen LogP contribution in [0.25, 0.3) is 0 Å². The van der Waals surface area contributed by atoms with E-state index in [2.05, 4.69) is 11.4 Å². The highest BCUT2D eigenvalue weighted by molar-refractivity contribution is 6.30. The standard InChI is InChI=1S/C16H20N2O3.C9H12ClN/c19-11-10-18-12-15(16(20)17-8-4-1-5-9-17)21-14-7-3-2-6-13(14)18;1-11-6-5-8-3-2-4-9(10)7-8/h2-3,6-7,11,15H,1,4-5,8-10,12H2;2-4,7,11H,5-6H2,1H3. The molecule has 2 aliphatic rings. The number of nitrogens with zero attached hydrogens (tertiary/aromatic N) is 2. The van der Waals surface area contributed by atoms with Gasteiger partial charge in [0.05, 0.1) is 18.8 Å². The smallest absolute Gasteiger partial charge is 0.265 e. The first kappa shape index (κ1) is 24.1. The Morgan fingerprint density at radius 2 is 1.94 bits per heavy atom. The number of carbonyl (C=O) groups is 2. The number of nitrogens with one attached hydrogen (secondary N) is 1. The van der Waals surface area contributed by atoms with E-state index in [1.54, 1.807) is 0 Å². The number of likely N-dealkylation sites (N-methyl/N-ethyl adjacent to an activating group) is 1. The fraction of sp³-hybridized carbons (Fsp3) is 0.440. The number of hydrogen-bond donors (Lipinski definition) is 1. The van der Waals surface area contributed by atoms with Crippen LogP contribution < -0.4 is 15.0 Å². The van der Waals surface area contributed by atoms with Gasteiger partial charge >= 0.3 is 0 Å². The Bertz CT molecular complexity index is 886. The van der Waals surface area contributed by atoms with Crippen LogP contribution in [-0.2, 0) is 16.0 Å². The lowest BCUT2D eigenvalue weighted by Crippen LogP contribution is -2.51. The molecule has 0 saturated carbocycles. The lowest BCUT2D eigenvalue weighted by atomic mass is 10.1. The second-order valence-corrected chi connectivity index (χ2v) is 8.45. The average molecular weight is 458 g/mol. The Labute approximate surface area is 195 Å². The number of amides is 1. The third-order valence-electron chi connectivity index (χ3n) is 5.65. The number of rotatable bonds is 6. The van der Waals surface area contributed by atoms with Gasteiger partial charge in [-0.25, -0.2) is 0 Å². The molecule has 0 bridgehead atoms. The second kappa shape index (κ2) is 12.5. The van der Waals surface area contributed by atoms with Crippen LogP contribution in [0.2, 0.25) is 5.02 Å². The third kappa shape index (κ3) is 6.71.